The number of carbonyl (C=O) groups excluding carboxylic acids is 1. The van der Waals surface area contributed by atoms with Crippen LogP contribution in [0.5, 0.6) is 0 Å². The largest absolute Gasteiger partial charge is 0.351 e. The molecule has 0 aromatic heterocycles. The van der Waals surface area contributed by atoms with Gasteiger partial charge in [-0.05, 0) is 6.07 Å². The predicted molar refractivity (Wildman–Crippen MR) is 72.0 cm³/mol. The van der Waals surface area contributed by atoms with Crippen LogP contribution in [0.4, 0.5) is 5.69 Å². The average Bonchev–Trinajstić information content (AvgIpc) is 2.24. The van der Waals surface area contributed by atoms with Crippen LogP contribution in [-0.4, -0.2) is 21.8 Å². The van der Waals surface area contributed by atoms with Crippen molar-refractivity contribution < 1.29 is 9.72 Å². The summed E-state index contributed by atoms with van der Waals surface area (Å²) in [5.41, 5.74) is 0.180. The number of hydrogen-bond acceptors (Lipinski definition) is 3. The molecular formula is C9H8BrIN2O3. The lowest BCUT2D eigenvalue weighted by molar-refractivity contribution is -0.385. The third-order valence-electron chi connectivity index (χ3n) is 1.74. The van der Waals surface area contributed by atoms with Crippen molar-refractivity contribution in [3.8, 4) is 0 Å². The Bertz CT molecular complexity index is 425. The standard InChI is InChI=1S/C9H8BrIN2O3/c10-7-3-6(9(14)12-2-1-11)4-8(5-7)13(15)16/h3-5H,1-2H2,(H,12,14). The fourth-order valence-electron chi connectivity index (χ4n) is 1.07. The van der Waals surface area contributed by atoms with Crippen LogP contribution >= 0.6 is 38.5 Å². The van der Waals surface area contributed by atoms with E-state index < -0.39 is 4.92 Å². The minimum atomic E-state index is -0.528. The highest BCUT2D eigenvalue weighted by atomic mass is 127. The monoisotopic (exact) mass is 398 g/mol. The Morgan fingerprint density at radius 2 is 2.19 bits per heavy atom. The summed E-state index contributed by atoms with van der Waals surface area (Å²) >= 11 is 5.26. The molecule has 0 aliphatic carbocycles. The number of amides is 1. The van der Waals surface area contributed by atoms with Crippen LogP contribution in [-0.2, 0) is 0 Å². The number of halogens is 2. The second-order valence-corrected chi connectivity index (χ2v) is 4.89. The van der Waals surface area contributed by atoms with Gasteiger partial charge >= 0.3 is 0 Å². The number of nitrogens with zero attached hydrogens (tertiary/aromatic N) is 1. The van der Waals surface area contributed by atoms with Gasteiger partial charge in [0.05, 0.1) is 4.92 Å². The van der Waals surface area contributed by atoms with Gasteiger partial charge < -0.3 is 5.32 Å². The quantitative estimate of drug-likeness (QED) is 0.366. The van der Waals surface area contributed by atoms with Crippen molar-refractivity contribution in [2.45, 2.75) is 0 Å². The van der Waals surface area contributed by atoms with Gasteiger partial charge in [-0.25, -0.2) is 0 Å². The van der Waals surface area contributed by atoms with Gasteiger partial charge in [0.2, 0.25) is 0 Å². The first-order valence-electron chi connectivity index (χ1n) is 4.33. The average molecular weight is 399 g/mol. The van der Waals surface area contributed by atoms with Gasteiger partial charge in [0.25, 0.3) is 11.6 Å². The SMILES string of the molecule is O=C(NCCI)c1cc(Br)cc([N+](=O)[O-])c1. The van der Waals surface area contributed by atoms with Crippen molar-refractivity contribution in [2.24, 2.45) is 0 Å². The molecule has 0 atom stereocenters. The lowest BCUT2D eigenvalue weighted by atomic mass is 10.2. The molecule has 0 aliphatic heterocycles. The van der Waals surface area contributed by atoms with E-state index in [0.29, 0.717) is 11.0 Å². The molecule has 1 N–H and O–H groups in total. The molecule has 1 amide bonds. The molecule has 7 heteroatoms. The molecule has 1 rings (SSSR count). The summed E-state index contributed by atoms with van der Waals surface area (Å²) in [5, 5.41) is 13.2. The fraction of sp³-hybridized carbons (Fsp3) is 0.222. The summed E-state index contributed by atoms with van der Waals surface area (Å²) in [6.45, 7) is 0.541. The summed E-state index contributed by atoms with van der Waals surface area (Å²) in [6, 6.07) is 4.16. The Kier molecular flexibility index (Phi) is 5.13. The summed E-state index contributed by atoms with van der Waals surface area (Å²) in [6.07, 6.45) is 0. The second-order valence-electron chi connectivity index (χ2n) is 2.90. The number of benzene rings is 1. The molecule has 0 radical (unpaired) electrons. The number of nitrogens with one attached hydrogen (secondary N) is 1. The zero-order chi connectivity index (χ0) is 12.1. The summed E-state index contributed by atoms with van der Waals surface area (Å²) in [7, 11) is 0. The Morgan fingerprint density at radius 1 is 1.50 bits per heavy atom. The molecule has 1 aromatic carbocycles. The third kappa shape index (κ3) is 3.71. The van der Waals surface area contributed by atoms with Gasteiger partial charge in [0, 0.05) is 33.1 Å². The first kappa shape index (κ1) is 13.4. The number of hydrogen-bond donors (Lipinski definition) is 1. The van der Waals surface area contributed by atoms with E-state index in [1.54, 1.807) is 6.07 Å². The third-order valence-corrected chi connectivity index (χ3v) is 2.73. The molecule has 0 spiro atoms. The van der Waals surface area contributed by atoms with Crippen LogP contribution in [0.1, 0.15) is 10.4 Å². The van der Waals surface area contributed by atoms with E-state index in [-0.39, 0.29) is 17.2 Å². The zero-order valence-corrected chi connectivity index (χ0v) is 11.8. The van der Waals surface area contributed by atoms with Gasteiger partial charge in [-0.1, -0.05) is 38.5 Å². The molecule has 0 fully saturated rings. The molecule has 5 nitrogen and oxygen atoms in total. The number of alkyl halides is 1. The van der Waals surface area contributed by atoms with E-state index >= 15 is 0 Å². The van der Waals surface area contributed by atoms with Crippen molar-refractivity contribution in [3.63, 3.8) is 0 Å². The van der Waals surface area contributed by atoms with Gasteiger partial charge in [-0.15, -0.1) is 0 Å². The van der Waals surface area contributed by atoms with Crippen LogP contribution in [0.15, 0.2) is 22.7 Å². The molecule has 1 aromatic rings. The Labute approximate surface area is 114 Å². The molecule has 0 unspecified atom stereocenters. The molecule has 0 saturated heterocycles. The maximum atomic E-state index is 11.6. The minimum Gasteiger partial charge on any atom is -0.351 e. The molecular weight excluding hydrogens is 391 g/mol. The number of non-ortho nitro benzene ring substituents is 1. The zero-order valence-electron chi connectivity index (χ0n) is 8.07. The number of nitro benzene ring substituents is 1. The Balaban J connectivity index is 2.95. The minimum absolute atomic E-state index is 0.103. The van der Waals surface area contributed by atoms with Crippen LogP contribution in [0, 0.1) is 10.1 Å². The smallest absolute Gasteiger partial charge is 0.271 e. The maximum Gasteiger partial charge on any atom is 0.271 e. The van der Waals surface area contributed by atoms with Crippen LogP contribution in [0.3, 0.4) is 0 Å². The number of carbonyl (C=O) groups is 1. The van der Waals surface area contributed by atoms with Crippen molar-refractivity contribution in [1.82, 2.24) is 5.32 Å². The van der Waals surface area contributed by atoms with Gasteiger partial charge in [0.15, 0.2) is 0 Å². The molecule has 0 aliphatic rings. The van der Waals surface area contributed by atoms with Crippen molar-refractivity contribution in [3.05, 3.63) is 38.3 Å². The maximum absolute atomic E-state index is 11.6. The van der Waals surface area contributed by atoms with E-state index in [0.717, 1.165) is 4.43 Å². The summed E-state index contributed by atoms with van der Waals surface area (Å²) in [5.74, 6) is -0.305. The predicted octanol–water partition coefficient (Wildman–Crippen LogP) is 2.52. The van der Waals surface area contributed by atoms with E-state index in [2.05, 4.69) is 43.8 Å². The summed E-state index contributed by atoms with van der Waals surface area (Å²) in [4.78, 5) is 21.6. The van der Waals surface area contributed by atoms with Crippen molar-refractivity contribution in [2.75, 3.05) is 11.0 Å². The van der Waals surface area contributed by atoms with Gasteiger partial charge in [-0.2, -0.15) is 0 Å². The second kappa shape index (κ2) is 6.14. The van der Waals surface area contributed by atoms with E-state index in [1.165, 1.54) is 12.1 Å². The highest BCUT2D eigenvalue weighted by molar-refractivity contribution is 14.1. The Morgan fingerprint density at radius 3 is 2.75 bits per heavy atom. The summed E-state index contributed by atoms with van der Waals surface area (Å²) < 4.78 is 1.31. The lowest BCUT2D eigenvalue weighted by Gasteiger charge is -2.03. The normalized spacial score (nSPS) is 9.88. The van der Waals surface area contributed by atoms with Crippen LogP contribution in [0.2, 0.25) is 0 Å². The molecule has 0 heterocycles. The number of nitro groups is 1. The van der Waals surface area contributed by atoms with E-state index in [9.17, 15) is 14.9 Å². The van der Waals surface area contributed by atoms with E-state index in [4.69, 9.17) is 0 Å². The molecule has 0 bridgehead atoms. The van der Waals surface area contributed by atoms with Crippen LogP contribution < -0.4 is 5.32 Å². The van der Waals surface area contributed by atoms with Crippen LogP contribution in [0.25, 0.3) is 0 Å². The van der Waals surface area contributed by atoms with Gasteiger partial charge in [-0.3, -0.25) is 14.9 Å². The highest BCUT2D eigenvalue weighted by Gasteiger charge is 2.13. The van der Waals surface area contributed by atoms with Crippen molar-refractivity contribution >= 4 is 50.1 Å². The molecule has 16 heavy (non-hydrogen) atoms. The fourth-order valence-corrected chi connectivity index (χ4v) is 1.82. The first-order valence-corrected chi connectivity index (χ1v) is 6.65. The molecule has 86 valence electrons. The van der Waals surface area contributed by atoms with Crippen molar-refractivity contribution in [1.29, 1.82) is 0 Å². The Hall–Kier alpha value is -0.700. The first-order chi connectivity index (χ1) is 7.54. The highest BCUT2D eigenvalue weighted by Crippen LogP contribution is 2.21. The van der Waals surface area contributed by atoms with E-state index in [1.807, 2.05) is 0 Å². The number of rotatable bonds is 4. The lowest BCUT2D eigenvalue weighted by Crippen LogP contribution is -2.25. The van der Waals surface area contributed by atoms with Gasteiger partial charge in [0.1, 0.15) is 0 Å². The molecule has 0 saturated carbocycles. The topological polar surface area (TPSA) is 72.2 Å².